The molecule has 0 bridgehead atoms. The minimum absolute atomic E-state index is 0.0986. The van der Waals surface area contributed by atoms with Crippen molar-refractivity contribution in [3.05, 3.63) is 107 Å². The van der Waals surface area contributed by atoms with Crippen molar-refractivity contribution in [1.29, 1.82) is 0 Å². The first kappa shape index (κ1) is 26.4. The number of anilines is 1. The van der Waals surface area contributed by atoms with Crippen molar-refractivity contribution in [3.8, 4) is 0 Å². The van der Waals surface area contributed by atoms with E-state index in [2.05, 4.69) is 108 Å². The minimum atomic E-state index is -4.00. The monoisotopic (exact) mass is 591 g/mol. The van der Waals surface area contributed by atoms with Gasteiger partial charge in [-0.05, 0) is 0 Å². The standard InChI is InChI=1S/C31H30N2O3SSe/c1-3-32-21-19-25(26-10-6-7-12-28(26)32)15-13-23(2)14-18-30-33(20-8-22-37(34,35)36)31-27-11-5-4-9-24(27)16-17-29(31)38-30/h4-7,9-19,21H,3,8,20,22H2,1-2H3/p+1. The number of aryl methyl sites for hydroxylation is 1. The summed E-state index contributed by atoms with van der Waals surface area (Å²) in [4.78, 5) is 2.24. The van der Waals surface area contributed by atoms with E-state index in [-0.39, 0.29) is 20.7 Å². The first-order valence-electron chi connectivity index (χ1n) is 12.7. The first-order chi connectivity index (χ1) is 18.3. The van der Waals surface area contributed by atoms with Gasteiger partial charge in [-0.25, -0.2) is 0 Å². The third-order valence-electron chi connectivity index (χ3n) is 6.71. The van der Waals surface area contributed by atoms with Crippen LogP contribution in [0.3, 0.4) is 0 Å². The molecule has 0 spiro atoms. The van der Waals surface area contributed by atoms with Crippen molar-refractivity contribution in [2.45, 2.75) is 26.8 Å². The molecule has 3 aromatic carbocycles. The van der Waals surface area contributed by atoms with Gasteiger partial charge in [0.1, 0.15) is 0 Å². The normalized spacial score (nSPS) is 15.3. The zero-order valence-electron chi connectivity index (χ0n) is 21.5. The summed E-state index contributed by atoms with van der Waals surface area (Å²) in [6.07, 6.45) is 11.1. The average Bonchev–Trinajstić information content (AvgIpc) is 3.27. The Balaban J connectivity index is 1.44. The van der Waals surface area contributed by atoms with Crippen LogP contribution in [0.25, 0.3) is 27.8 Å². The molecule has 5 rings (SSSR count). The van der Waals surface area contributed by atoms with E-state index in [1.54, 1.807) is 0 Å². The summed E-state index contributed by atoms with van der Waals surface area (Å²) in [7, 11) is -4.00. The fourth-order valence-corrected chi connectivity index (χ4v) is 7.65. The Labute approximate surface area is 230 Å². The number of pyridine rings is 1. The van der Waals surface area contributed by atoms with Crippen LogP contribution in [-0.4, -0.2) is 40.2 Å². The second-order valence-electron chi connectivity index (χ2n) is 9.35. The molecule has 0 unspecified atom stereocenters. The van der Waals surface area contributed by atoms with Crippen LogP contribution in [0, 0.1) is 0 Å². The summed E-state index contributed by atoms with van der Waals surface area (Å²) < 4.78 is 36.7. The summed E-state index contributed by atoms with van der Waals surface area (Å²) in [6, 6.07) is 23.3. The third-order valence-corrected chi connectivity index (χ3v) is 9.86. The van der Waals surface area contributed by atoms with Gasteiger partial charge in [-0.1, -0.05) is 0 Å². The Kier molecular flexibility index (Phi) is 7.82. The van der Waals surface area contributed by atoms with E-state index in [0.29, 0.717) is 13.0 Å². The molecule has 1 aromatic heterocycles. The van der Waals surface area contributed by atoms with Crippen LogP contribution in [0.5, 0.6) is 0 Å². The van der Waals surface area contributed by atoms with Gasteiger partial charge >= 0.3 is 231 Å². The van der Waals surface area contributed by atoms with E-state index in [0.717, 1.165) is 23.2 Å². The Bertz CT molecular complexity index is 1710. The molecule has 0 saturated carbocycles. The molecule has 4 aromatic rings. The maximum absolute atomic E-state index is 11.4. The maximum atomic E-state index is 11.4. The van der Waals surface area contributed by atoms with Crippen molar-refractivity contribution in [2.75, 3.05) is 17.2 Å². The molecule has 0 fully saturated rings. The zero-order valence-corrected chi connectivity index (χ0v) is 24.1. The zero-order chi connectivity index (χ0) is 26.7. The van der Waals surface area contributed by atoms with Gasteiger partial charge in [0, 0.05) is 0 Å². The molecule has 0 aliphatic carbocycles. The first-order valence-corrected chi connectivity index (χ1v) is 16.1. The van der Waals surface area contributed by atoms with Gasteiger partial charge in [0.2, 0.25) is 0 Å². The van der Waals surface area contributed by atoms with Crippen LogP contribution < -0.4 is 13.9 Å². The predicted octanol–water partition coefficient (Wildman–Crippen LogP) is 5.23. The quantitative estimate of drug-likeness (QED) is 0.132. The van der Waals surface area contributed by atoms with E-state index in [1.165, 1.54) is 30.9 Å². The van der Waals surface area contributed by atoms with Crippen molar-refractivity contribution < 1.29 is 17.5 Å². The van der Waals surface area contributed by atoms with Crippen LogP contribution in [-0.2, 0) is 16.7 Å². The molecular weight excluding hydrogens is 559 g/mol. The number of hydrogen-bond donors (Lipinski definition) is 1. The van der Waals surface area contributed by atoms with E-state index in [9.17, 15) is 13.0 Å². The number of hydrogen-bond acceptors (Lipinski definition) is 3. The van der Waals surface area contributed by atoms with Crippen molar-refractivity contribution in [3.63, 3.8) is 0 Å². The second-order valence-corrected chi connectivity index (χ2v) is 13.2. The molecule has 38 heavy (non-hydrogen) atoms. The number of fused-ring (bicyclic) bond motifs is 4. The fourth-order valence-electron chi connectivity index (χ4n) is 4.83. The molecule has 1 aliphatic rings. The van der Waals surface area contributed by atoms with Crippen molar-refractivity contribution >= 4 is 63.0 Å². The fraction of sp³-hybridized carbons (Fsp3) is 0.194. The van der Waals surface area contributed by atoms with Gasteiger partial charge in [-0.3, -0.25) is 0 Å². The molecule has 7 heteroatoms. The SMILES string of the molecule is CC[n+]1ccc(\C=C/C(C)=C\C=C2/[Se]c3ccc4ccccc4c3N2CCCS(=O)(=O)O)c2ccccc21. The number of rotatable bonds is 8. The summed E-state index contributed by atoms with van der Waals surface area (Å²) in [6.45, 7) is 5.71. The van der Waals surface area contributed by atoms with Gasteiger partial charge < -0.3 is 0 Å². The number of para-hydroxylation sites is 1. The van der Waals surface area contributed by atoms with E-state index >= 15 is 0 Å². The van der Waals surface area contributed by atoms with Crippen molar-refractivity contribution in [2.24, 2.45) is 0 Å². The third kappa shape index (κ3) is 5.76. The van der Waals surface area contributed by atoms with Crippen LogP contribution in [0.1, 0.15) is 25.8 Å². The van der Waals surface area contributed by atoms with E-state index < -0.39 is 10.1 Å². The summed E-state index contributed by atoms with van der Waals surface area (Å²) in [5.41, 5.74) is 4.69. The molecule has 1 N–H and O–H groups in total. The molecule has 1 aliphatic heterocycles. The Morgan fingerprint density at radius 2 is 1.79 bits per heavy atom. The Morgan fingerprint density at radius 1 is 1.03 bits per heavy atom. The van der Waals surface area contributed by atoms with Crippen LogP contribution in [0.15, 0.2) is 101 Å². The number of benzene rings is 3. The molecular formula is C31H31N2O3SSe+. The van der Waals surface area contributed by atoms with Gasteiger partial charge in [0.15, 0.2) is 0 Å². The van der Waals surface area contributed by atoms with Crippen LogP contribution >= 0.6 is 0 Å². The van der Waals surface area contributed by atoms with E-state index in [4.69, 9.17) is 0 Å². The molecule has 0 radical (unpaired) electrons. The number of allylic oxidation sites excluding steroid dienone is 4. The summed E-state index contributed by atoms with van der Waals surface area (Å²) >= 11 is 0.0986. The molecule has 0 atom stereocenters. The van der Waals surface area contributed by atoms with Crippen LogP contribution in [0.4, 0.5) is 5.69 Å². The van der Waals surface area contributed by atoms with E-state index in [1.807, 2.05) is 12.1 Å². The second kappa shape index (κ2) is 11.3. The molecule has 0 saturated heterocycles. The average molecular weight is 591 g/mol. The van der Waals surface area contributed by atoms with Gasteiger partial charge in [-0.15, -0.1) is 0 Å². The summed E-state index contributed by atoms with van der Waals surface area (Å²) in [5.74, 6) is -0.245. The summed E-state index contributed by atoms with van der Waals surface area (Å²) in [5, 5.41) is 3.56. The molecule has 5 nitrogen and oxygen atoms in total. The van der Waals surface area contributed by atoms with Crippen LogP contribution in [0.2, 0.25) is 0 Å². The van der Waals surface area contributed by atoms with Crippen molar-refractivity contribution in [1.82, 2.24) is 0 Å². The molecule has 2 heterocycles. The molecule has 194 valence electrons. The topological polar surface area (TPSA) is 61.5 Å². The van der Waals surface area contributed by atoms with Gasteiger partial charge in [0.25, 0.3) is 0 Å². The Hall–Kier alpha value is -3.22. The number of aromatic nitrogens is 1. The van der Waals surface area contributed by atoms with Gasteiger partial charge in [-0.2, -0.15) is 0 Å². The number of nitrogens with zero attached hydrogens (tertiary/aromatic N) is 2. The Morgan fingerprint density at radius 3 is 2.58 bits per heavy atom. The predicted molar refractivity (Wildman–Crippen MR) is 158 cm³/mol. The van der Waals surface area contributed by atoms with Gasteiger partial charge in [0.05, 0.1) is 0 Å². The molecule has 0 amide bonds.